The molecule has 0 radical (unpaired) electrons. The van der Waals surface area contributed by atoms with E-state index in [2.05, 4.69) is 21.7 Å². The van der Waals surface area contributed by atoms with Crippen LogP contribution in [0.5, 0.6) is 0 Å². The van der Waals surface area contributed by atoms with Crippen molar-refractivity contribution in [2.24, 2.45) is 0 Å². The topological polar surface area (TPSA) is 63.1 Å². The summed E-state index contributed by atoms with van der Waals surface area (Å²) in [6.07, 6.45) is 8.95. The Labute approximate surface area is 112 Å². The molecular formula is C13H19N5O. The molecule has 0 aliphatic carbocycles. The molecule has 0 unspecified atom stereocenters. The van der Waals surface area contributed by atoms with Gasteiger partial charge < -0.3 is 10.2 Å². The molecule has 6 heteroatoms. The lowest BCUT2D eigenvalue weighted by Gasteiger charge is -2.23. The van der Waals surface area contributed by atoms with Crippen molar-refractivity contribution in [2.75, 3.05) is 26.2 Å². The monoisotopic (exact) mass is 261 g/mol. The molecule has 1 aromatic rings. The second kappa shape index (κ2) is 5.52. The lowest BCUT2D eigenvalue weighted by Crippen LogP contribution is -2.34. The van der Waals surface area contributed by atoms with Crippen molar-refractivity contribution < 1.29 is 4.79 Å². The van der Waals surface area contributed by atoms with E-state index in [0.29, 0.717) is 18.3 Å². The maximum absolute atomic E-state index is 12.3. The summed E-state index contributed by atoms with van der Waals surface area (Å²) in [6.45, 7) is 3.46. The molecule has 1 N–H and O–H groups in total. The van der Waals surface area contributed by atoms with Crippen LogP contribution in [0.4, 0.5) is 0 Å². The van der Waals surface area contributed by atoms with Gasteiger partial charge in [0.15, 0.2) is 5.69 Å². The molecule has 0 bridgehead atoms. The van der Waals surface area contributed by atoms with E-state index in [9.17, 15) is 4.79 Å². The molecular weight excluding hydrogens is 242 g/mol. The summed E-state index contributed by atoms with van der Waals surface area (Å²) in [6, 6.07) is 0.372. The number of aromatic nitrogens is 3. The van der Waals surface area contributed by atoms with Gasteiger partial charge in [-0.25, -0.2) is 4.68 Å². The van der Waals surface area contributed by atoms with E-state index >= 15 is 0 Å². The van der Waals surface area contributed by atoms with Gasteiger partial charge in [0.1, 0.15) is 0 Å². The molecule has 1 fully saturated rings. The van der Waals surface area contributed by atoms with E-state index in [-0.39, 0.29) is 5.91 Å². The van der Waals surface area contributed by atoms with Crippen LogP contribution in [0, 0.1) is 0 Å². The van der Waals surface area contributed by atoms with Gasteiger partial charge in [0.05, 0.1) is 12.2 Å². The molecule has 102 valence electrons. The summed E-state index contributed by atoms with van der Waals surface area (Å²) in [5.74, 6) is -0.00969. The smallest absolute Gasteiger partial charge is 0.276 e. The number of nitrogens with zero attached hydrogens (tertiary/aromatic N) is 4. The van der Waals surface area contributed by atoms with Crippen molar-refractivity contribution >= 4 is 5.91 Å². The Morgan fingerprint density at radius 3 is 2.89 bits per heavy atom. The zero-order valence-electron chi connectivity index (χ0n) is 11.0. The Morgan fingerprint density at radius 2 is 2.16 bits per heavy atom. The molecule has 2 aliphatic heterocycles. The van der Waals surface area contributed by atoms with Crippen LogP contribution in [0.15, 0.2) is 18.3 Å². The van der Waals surface area contributed by atoms with Crippen LogP contribution >= 0.6 is 0 Å². The fraction of sp³-hybridized carbons (Fsp3) is 0.615. The predicted octanol–water partition coefficient (Wildman–Crippen LogP) is 0.605. The van der Waals surface area contributed by atoms with Crippen LogP contribution in [-0.4, -0.2) is 52.0 Å². The lowest BCUT2D eigenvalue weighted by molar-refractivity contribution is 0.0765. The van der Waals surface area contributed by atoms with Gasteiger partial charge in [-0.2, -0.15) is 0 Å². The average molecular weight is 261 g/mol. The maximum Gasteiger partial charge on any atom is 0.276 e. The van der Waals surface area contributed by atoms with E-state index < -0.39 is 0 Å². The maximum atomic E-state index is 12.3. The molecule has 6 nitrogen and oxygen atoms in total. The third kappa shape index (κ3) is 2.68. The highest BCUT2D eigenvalue weighted by molar-refractivity contribution is 5.92. The minimum atomic E-state index is -0.00969. The van der Waals surface area contributed by atoms with Crippen molar-refractivity contribution in [2.45, 2.75) is 25.3 Å². The Morgan fingerprint density at radius 1 is 1.32 bits per heavy atom. The molecule has 19 heavy (non-hydrogen) atoms. The van der Waals surface area contributed by atoms with Gasteiger partial charge in [-0.1, -0.05) is 17.4 Å². The normalized spacial score (nSPS) is 20.7. The van der Waals surface area contributed by atoms with E-state index in [0.717, 1.165) is 38.9 Å². The van der Waals surface area contributed by atoms with Crippen LogP contribution < -0.4 is 5.32 Å². The summed E-state index contributed by atoms with van der Waals surface area (Å²) in [7, 11) is 0. The van der Waals surface area contributed by atoms with Gasteiger partial charge in [-0.15, -0.1) is 5.10 Å². The standard InChI is InChI=1S/C13H19N5O/c19-13(17-8-2-1-3-9-17)12-10-18(16-15-12)11-4-6-14-7-5-11/h1-2,10-11,14H,3-9H2. The van der Waals surface area contributed by atoms with Gasteiger partial charge >= 0.3 is 0 Å². The number of amides is 1. The average Bonchev–Trinajstić information content (AvgIpc) is 2.98. The highest BCUT2D eigenvalue weighted by atomic mass is 16.2. The third-order valence-corrected chi connectivity index (χ3v) is 3.76. The first-order valence-corrected chi connectivity index (χ1v) is 6.91. The van der Waals surface area contributed by atoms with Crippen molar-refractivity contribution in [3.8, 4) is 0 Å². The molecule has 0 saturated carbocycles. The quantitative estimate of drug-likeness (QED) is 0.792. The van der Waals surface area contributed by atoms with Crippen molar-refractivity contribution in [1.82, 2.24) is 25.2 Å². The summed E-state index contributed by atoms with van der Waals surface area (Å²) in [5.41, 5.74) is 0.467. The van der Waals surface area contributed by atoms with E-state index in [1.807, 2.05) is 15.7 Å². The molecule has 1 amide bonds. The van der Waals surface area contributed by atoms with Crippen LogP contribution in [0.3, 0.4) is 0 Å². The van der Waals surface area contributed by atoms with Crippen LogP contribution in [0.1, 0.15) is 35.8 Å². The minimum Gasteiger partial charge on any atom is -0.333 e. The van der Waals surface area contributed by atoms with Crippen molar-refractivity contribution in [3.63, 3.8) is 0 Å². The molecule has 1 saturated heterocycles. The second-order valence-electron chi connectivity index (χ2n) is 5.08. The number of rotatable bonds is 2. The van der Waals surface area contributed by atoms with Gasteiger partial charge in [0, 0.05) is 13.1 Å². The Kier molecular flexibility index (Phi) is 3.59. The number of hydrogen-bond acceptors (Lipinski definition) is 4. The fourth-order valence-electron chi connectivity index (χ4n) is 2.61. The molecule has 3 rings (SSSR count). The zero-order valence-corrected chi connectivity index (χ0v) is 11.0. The predicted molar refractivity (Wildman–Crippen MR) is 70.8 cm³/mol. The Bertz CT molecular complexity index is 475. The highest BCUT2D eigenvalue weighted by Gasteiger charge is 2.22. The van der Waals surface area contributed by atoms with Gasteiger partial charge in [0.2, 0.25) is 0 Å². The van der Waals surface area contributed by atoms with Crippen LogP contribution in [0.25, 0.3) is 0 Å². The first-order valence-electron chi connectivity index (χ1n) is 6.91. The number of nitrogens with one attached hydrogen (secondary N) is 1. The Balaban J connectivity index is 1.69. The van der Waals surface area contributed by atoms with Crippen LogP contribution in [-0.2, 0) is 0 Å². The van der Waals surface area contributed by atoms with Crippen molar-refractivity contribution in [1.29, 1.82) is 0 Å². The molecule has 1 aromatic heterocycles. The van der Waals surface area contributed by atoms with E-state index in [1.165, 1.54) is 0 Å². The molecule has 0 aromatic carbocycles. The minimum absolute atomic E-state index is 0.00969. The van der Waals surface area contributed by atoms with Gasteiger partial charge in [0.25, 0.3) is 5.91 Å². The SMILES string of the molecule is O=C(c1cn(C2CCNCC2)nn1)N1CC=CCC1. The molecule has 0 spiro atoms. The summed E-state index contributed by atoms with van der Waals surface area (Å²) >= 11 is 0. The zero-order chi connectivity index (χ0) is 13.1. The number of piperidine rings is 1. The number of hydrogen-bond donors (Lipinski definition) is 1. The van der Waals surface area contributed by atoms with E-state index in [4.69, 9.17) is 0 Å². The van der Waals surface area contributed by atoms with Gasteiger partial charge in [-0.3, -0.25) is 4.79 Å². The lowest BCUT2D eigenvalue weighted by atomic mass is 10.1. The number of carbonyl (C=O) groups excluding carboxylic acids is 1. The fourth-order valence-corrected chi connectivity index (χ4v) is 2.61. The third-order valence-electron chi connectivity index (χ3n) is 3.76. The molecule has 2 aliphatic rings. The summed E-state index contributed by atoms with van der Waals surface area (Å²) in [5, 5.41) is 11.5. The van der Waals surface area contributed by atoms with Gasteiger partial charge in [-0.05, 0) is 32.4 Å². The molecule has 3 heterocycles. The first-order chi connectivity index (χ1) is 9.34. The highest BCUT2D eigenvalue weighted by Crippen LogP contribution is 2.17. The van der Waals surface area contributed by atoms with Crippen molar-refractivity contribution in [3.05, 3.63) is 24.0 Å². The largest absolute Gasteiger partial charge is 0.333 e. The van der Waals surface area contributed by atoms with E-state index in [1.54, 1.807) is 6.20 Å². The van der Waals surface area contributed by atoms with Crippen LogP contribution in [0.2, 0.25) is 0 Å². The Hall–Kier alpha value is -1.69. The summed E-state index contributed by atoms with van der Waals surface area (Å²) < 4.78 is 1.86. The molecule has 0 atom stereocenters. The summed E-state index contributed by atoms with van der Waals surface area (Å²) in [4.78, 5) is 14.1. The second-order valence-corrected chi connectivity index (χ2v) is 5.08. The first kappa shape index (κ1) is 12.3. The number of carbonyl (C=O) groups is 1.